The quantitative estimate of drug-likeness (QED) is 0.520. The number of amides is 1. The van der Waals surface area contributed by atoms with E-state index in [9.17, 15) is 9.90 Å². The van der Waals surface area contributed by atoms with Crippen LogP contribution in [0.4, 0.5) is 0 Å². The molecule has 2 heterocycles. The van der Waals surface area contributed by atoms with Crippen LogP contribution in [0.25, 0.3) is 11.3 Å². The van der Waals surface area contributed by atoms with Crippen molar-refractivity contribution >= 4 is 5.91 Å². The minimum absolute atomic E-state index is 0.146. The summed E-state index contributed by atoms with van der Waals surface area (Å²) < 4.78 is 21.8. The van der Waals surface area contributed by atoms with Crippen molar-refractivity contribution in [3.8, 4) is 28.5 Å². The zero-order valence-electron chi connectivity index (χ0n) is 18.3. The van der Waals surface area contributed by atoms with Crippen molar-refractivity contribution in [2.75, 3.05) is 35.0 Å². The van der Waals surface area contributed by atoms with Gasteiger partial charge in [-0.2, -0.15) is 5.10 Å². The maximum absolute atomic E-state index is 13.4. The van der Waals surface area contributed by atoms with Crippen molar-refractivity contribution in [3.05, 3.63) is 59.3 Å². The Morgan fingerprint density at radius 1 is 1.06 bits per heavy atom. The molecular formula is C23H25N3O6. The van der Waals surface area contributed by atoms with E-state index in [1.165, 1.54) is 14.2 Å². The SMILES string of the molecule is COc1ccc(OC)c(C2c3c(-c4ccc(O)cc4)n[nH]c3C(=O)N2CC(OC)OC)c1. The van der Waals surface area contributed by atoms with Gasteiger partial charge in [0.15, 0.2) is 6.29 Å². The summed E-state index contributed by atoms with van der Waals surface area (Å²) in [5.41, 5.74) is 3.20. The average molecular weight is 439 g/mol. The lowest BCUT2D eigenvalue weighted by Crippen LogP contribution is -2.38. The van der Waals surface area contributed by atoms with E-state index in [-0.39, 0.29) is 18.2 Å². The number of carbonyl (C=O) groups is 1. The van der Waals surface area contributed by atoms with Crippen LogP contribution in [0, 0.1) is 0 Å². The second kappa shape index (κ2) is 8.89. The number of ether oxygens (including phenoxy) is 4. The molecule has 3 aromatic rings. The van der Waals surface area contributed by atoms with Gasteiger partial charge in [-0.05, 0) is 42.5 Å². The van der Waals surface area contributed by atoms with Crippen LogP contribution in [0.2, 0.25) is 0 Å². The summed E-state index contributed by atoms with van der Waals surface area (Å²) in [6, 6.07) is 11.6. The van der Waals surface area contributed by atoms with E-state index in [1.54, 1.807) is 55.5 Å². The van der Waals surface area contributed by atoms with Crippen LogP contribution in [0.3, 0.4) is 0 Å². The molecule has 0 aliphatic carbocycles. The summed E-state index contributed by atoms with van der Waals surface area (Å²) in [7, 11) is 6.22. The zero-order chi connectivity index (χ0) is 22.8. The molecule has 2 aromatic carbocycles. The monoisotopic (exact) mass is 439 g/mol. The predicted octanol–water partition coefficient (Wildman–Crippen LogP) is 2.96. The highest BCUT2D eigenvalue weighted by atomic mass is 16.7. The lowest BCUT2D eigenvalue weighted by atomic mass is 9.95. The van der Waals surface area contributed by atoms with Gasteiger partial charge >= 0.3 is 0 Å². The Hall–Kier alpha value is -3.56. The molecule has 4 rings (SSSR count). The van der Waals surface area contributed by atoms with Crippen LogP contribution in [-0.4, -0.2) is 67.4 Å². The van der Waals surface area contributed by atoms with Crippen molar-refractivity contribution < 1.29 is 28.8 Å². The zero-order valence-corrected chi connectivity index (χ0v) is 18.3. The summed E-state index contributed by atoms with van der Waals surface area (Å²) >= 11 is 0. The Morgan fingerprint density at radius 3 is 2.41 bits per heavy atom. The number of phenols is 1. The molecule has 2 N–H and O–H groups in total. The highest BCUT2D eigenvalue weighted by Crippen LogP contribution is 2.46. The first-order valence-electron chi connectivity index (χ1n) is 9.98. The molecule has 32 heavy (non-hydrogen) atoms. The van der Waals surface area contributed by atoms with Crippen molar-refractivity contribution in [3.63, 3.8) is 0 Å². The van der Waals surface area contributed by atoms with E-state index in [0.29, 0.717) is 28.5 Å². The molecule has 0 saturated heterocycles. The second-order valence-electron chi connectivity index (χ2n) is 7.28. The molecule has 0 saturated carbocycles. The number of aromatic amines is 1. The molecular weight excluding hydrogens is 414 g/mol. The van der Waals surface area contributed by atoms with Gasteiger partial charge in [-0.25, -0.2) is 0 Å². The maximum atomic E-state index is 13.4. The van der Waals surface area contributed by atoms with Crippen molar-refractivity contribution in [2.45, 2.75) is 12.3 Å². The Bertz CT molecular complexity index is 1110. The molecule has 9 heteroatoms. The topological polar surface area (TPSA) is 106 Å². The predicted molar refractivity (Wildman–Crippen MR) is 116 cm³/mol. The molecule has 1 aliphatic rings. The average Bonchev–Trinajstić information content (AvgIpc) is 3.36. The Kier molecular flexibility index (Phi) is 6.02. The van der Waals surface area contributed by atoms with E-state index in [4.69, 9.17) is 18.9 Å². The number of carbonyl (C=O) groups excluding carboxylic acids is 1. The molecule has 0 radical (unpaired) electrons. The Labute approximate surface area is 185 Å². The highest BCUT2D eigenvalue weighted by Gasteiger charge is 2.44. The summed E-state index contributed by atoms with van der Waals surface area (Å²) in [5, 5.41) is 17.0. The van der Waals surface area contributed by atoms with Gasteiger partial charge in [0.2, 0.25) is 0 Å². The molecule has 0 bridgehead atoms. The van der Waals surface area contributed by atoms with Gasteiger partial charge in [0.25, 0.3) is 5.91 Å². The molecule has 0 fully saturated rings. The molecule has 168 valence electrons. The van der Waals surface area contributed by atoms with Crippen molar-refractivity contribution in [2.24, 2.45) is 0 Å². The van der Waals surface area contributed by atoms with Gasteiger partial charge in [-0.1, -0.05) is 0 Å². The number of H-pyrrole nitrogens is 1. The first-order valence-corrected chi connectivity index (χ1v) is 9.98. The molecule has 1 aromatic heterocycles. The summed E-state index contributed by atoms with van der Waals surface area (Å²) in [6.45, 7) is 0.189. The van der Waals surface area contributed by atoms with Gasteiger partial charge in [-0.15, -0.1) is 0 Å². The standard InChI is InChI=1S/C23H25N3O6/c1-29-15-9-10-17(30-2)16(11-15)22-19-20(13-5-7-14(27)8-6-13)24-25-21(19)23(28)26(22)12-18(31-3)32-4/h5-11,18,22,27H,12H2,1-4H3,(H,24,25). The Balaban J connectivity index is 1.91. The minimum atomic E-state index is -0.618. The maximum Gasteiger partial charge on any atom is 0.273 e. The van der Waals surface area contributed by atoms with Crippen LogP contribution in [0.15, 0.2) is 42.5 Å². The van der Waals surface area contributed by atoms with Crippen molar-refractivity contribution in [1.82, 2.24) is 15.1 Å². The molecule has 1 aliphatic heterocycles. The largest absolute Gasteiger partial charge is 0.508 e. The van der Waals surface area contributed by atoms with Crippen LogP contribution >= 0.6 is 0 Å². The number of nitrogens with one attached hydrogen (secondary N) is 1. The molecule has 1 atom stereocenters. The molecule has 9 nitrogen and oxygen atoms in total. The number of methoxy groups -OCH3 is 4. The van der Waals surface area contributed by atoms with Gasteiger partial charge < -0.3 is 29.0 Å². The van der Waals surface area contributed by atoms with Crippen LogP contribution in [0.1, 0.15) is 27.7 Å². The number of fused-ring (bicyclic) bond motifs is 1. The first-order chi connectivity index (χ1) is 15.5. The lowest BCUT2D eigenvalue weighted by Gasteiger charge is -2.30. The number of hydrogen-bond donors (Lipinski definition) is 2. The fourth-order valence-electron chi connectivity index (χ4n) is 4.01. The molecule has 1 unspecified atom stereocenters. The Morgan fingerprint density at radius 2 is 1.78 bits per heavy atom. The molecule has 1 amide bonds. The third-order valence-corrected chi connectivity index (χ3v) is 5.61. The number of phenolic OH excluding ortho intramolecular Hbond substituents is 1. The minimum Gasteiger partial charge on any atom is -0.508 e. The number of rotatable bonds is 8. The van der Waals surface area contributed by atoms with Crippen molar-refractivity contribution in [1.29, 1.82) is 0 Å². The van der Waals surface area contributed by atoms with Crippen LogP contribution in [0.5, 0.6) is 17.2 Å². The number of hydrogen-bond acceptors (Lipinski definition) is 7. The van der Waals surface area contributed by atoms with E-state index < -0.39 is 12.3 Å². The van der Waals surface area contributed by atoms with Crippen LogP contribution < -0.4 is 9.47 Å². The fraction of sp³-hybridized carbons (Fsp3) is 0.304. The van der Waals surface area contributed by atoms with E-state index in [0.717, 1.165) is 11.1 Å². The van der Waals surface area contributed by atoms with Gasteiger partial charge in [0, 0.05) is 30.9 Å². The number of aromatic hydroxyl groups is 1. The normalized spacial score (nSPS) is 15.3. The number of benzene rings is 2. The van der Waals surface area contributed by atoms with Gasteiger partial charge in [0.05, 0.1) is 32.5 Å². The third-order valence-electron chi connectivity index (χ3n) is 5.61. The third kappa shape index (κ3) is 3.65. The van der Waals surface area contributed by atoms with Crippen LogP contribution in [-0.2, 0) is 9.47 Å². The van der Waals surface area contributed by atoms with E-state index in [1.807, 2.05) is 6.07 Å². The lowest BCUT2D eigenvalue weighted by molar-refractivity contribution is -0.113. The molecule has 0 spiro atoms. The summed E-state index contributed by atoms with van der Waals surface area (Å²) in [6.07, 6.45) is -0.618. The second-order valence-corrected chi connectivity index (χ2v) is 7.28. The van der Waals surface area contributed by atoms with E-state index in [2.05, 4.69) is 10.2 Å². The fourth-order valence-corrected chi connectivity index (χ4v) is 4.01. The summed E-state index contributed by atoms with van der Waals surface area (Å²) in [5.74, 6) is 1.15. The number of nitrogens with zero attached hydrogens (tertiary/aromatic N) is 2. The van der Waals surface area contributed by atoms with Gasteiger partial charge in [-0.3, -0.25) is 9.89 Å². The van der Waals surface area contributed by atoms with Gasteiger partial charge in [0.1, 0.15) is 22.9 Å². The number of aromatic nitrogens is 2. The summed E-state index contributed by atoms with van der Waals surface area (Å²) in [4.78, 5) is 15.1. The highest BCUT2D eigenvalue weighted by molar-refractivity contribution is 6.00. The smallest absolute Gasteiger partial charge is 0.273 e. The van der Waals surface area contributed by atoms with E-state index >= 15 is 0 Å². The first kappa shape index (κ1) is 21.7.